The lowest BCUT2D eigenvalue weighted by atomic mass is 9.89. The maximum Gasteiger partial charge on any atom is 0.152 e. The van der Waals surface area contributed by atoms with Crippen molar-refractivity contribution < 1.29 is 8.78 Å². The Labute approximate surface area is 116 Å². The second-order valence-electron chi connectivity index (χ2n) is 4.45. The molecule has 2 aromatic carbocycles. The van der Waals surface area contributed by atoms with Gasteiger partial charge in [-0.3, -0.25) is 0 Å². The van der Waals surface area contributed by atoms with Crippen molar-refractivity contribution >= 4 is 11.6 Å². The number of alkyl halides is 1. The predicted molar refractivity (Wildman–Crippen MR) is 73.4 cm³/mol. The highest BCUT2D eigenvalue weighted by Crippen LogP contribution is 2.32. The van der Waals surface area contributed by atoms with Gasteiger partial charge in [-0.25, -0.2) is 8.78 Å². The third-order valence-electron chi connectivity index (χ3n) is 3.10. The van der Waals surface area contributed by atoms with Crippen molar-refractivity contribution in [3.05, 3.63) is 70.5 Å². The van der Waals surface area contributed by atoms with Crippen molar-refractivity contribution in [3.63, 3.8) is 0 Å². The first kappa shape index (κ1) is 14.0. The molecule has 0 heterocycles. The molecule has 0 amide bonds. The van der Waals surface area contributed by atoms with Gasteiger partial charge >= 0.3 is 0 Å². The number of nitrogens with two attached hydrogens (primary N) is 1. The summed E-state index contributed by atoms with van der Waals surface area (Å²) in [6, 6.07) is 12.6. The van der Waals surface area contributed by atoms with Crippen LogP contribution in [-0.4, -0.2) is 6.54 Å². The van der Waals surface area contributed by atoms with Crippen LogP contribution in [0.5, 0.6) is 0 Å². The summed E-state index contributed by atoms with van der Waals surface area (Å²) in [6.45, 7) is -0.162. The van der Waals surface area contributed by atoms with Crippen LogP contribution in [0.1, 0.15) is 11.1 Å². The zero-order valence-corrected chi connectivity index (χ0v) is 11.0. The number of halogens is 3. The van der Waals surface area contributed by atoms with Gasteiger partial charge < -0.3 is 5.73 Å². The molecule has 0 saturated heterocycles. The standard InChI is InChI=1S/C15H14ClF2N/c16-14-8-13(17)7-6-11(14)9-15(18,10-19)12-4-2-1-3-5-12/h1-8H,9-10,19H2. The van der Waals surface area contributed by atoms with Gasteiger partial charge in [0.1, 0.15) is 5.82 Å². The summed E-state index contributed by atoms with van der Waals surface area (Å²) in [5.74, 6) is -0.439. The largest absolute Gasteiger partial charge is 0.327 e. The van der Waals surface area contributed by atoms with Gasteiger partial charge in [-0.2, -0.15) is 0 Å². The van der Waals surface area contributed by atoms with E-state index in [1.54, 1.807) is 24.3 Å². The lowest BCUT2D eigenvalue weighted by Crippen LogP contribution is -2.32. The van der Waals surface area contributed by atoms with E-state index < -0.39 is 11.5 Å². The first-order chi connectivity index (χ1) is 9.05. The van der Waals surface area contributed by atoms with Crippen LogP contribution in [0, 0.1) is 5.82 Å². The molecule has 0 aliphatic heterocycles. The molecule has 100 valence electrons. The Balaban J connectivity index is 2.33. The molecule has 1 atom stereocenters. The number of benzene rings is 2. The number of hydrogen-bond donors (Lipinski definition) is 1. The monoisotopic (exact) mass is 281 g/mol. The molecule has 2 N–H and O–H groups in total. The molecule has 0 saturated carbocycles. The molecule has 0 bridgehead atoms. The van der Waals surface area contributed by atoms with Crippen LogP contribution in [0.25, 0.3) is 0 Å². The summed E-state index contributed by atoms with van der Waals surface area (Å²) in [5, 5.41) is 0.214. The number of rotatable bonds is 4. The van der Waals surface area contributed by atoms with Gasteiger partial charge in [-0.05, 0) is 23.3 Å². The summed E-state index contributed by atoms with van der Waals surface area (Å²) in [6.07, 6.45) is 0.0205. The second-order valence-corrected chi connectivity index (χ2v) is 4.86. The van der Waals surface area contributed by atoms with Gasteiger partial charge in [-0.15, -0.1) is 0 Å². The highest BCUT2D eigenvalue weighted by atomic mass is 35.5. The van der Waals surface area contributed by atoms with E-state index in [9.17, 15) is 8.78 Å². The van der Waals surface area contributed by atoms with Crippen LogP contribution in [0.3, 0.4) is 0 Å². The highest BCUT2D eigenvalue weighted by molar-refractivity contribution is 6.31. The molecule has 1 unspecified atom stereocenters. The first-order valence-corrected chi connectivity index (χ1v) is 6.31. The summed E-state index contributed by atoms with van der Waals surface area (Å²) >= 11 is 5.93. The van der Waals surface area contributed by atoms with Crippen molar-refractivity contribution in [2.45, 2.75) is 12.1 Å². The van der Waals surface area contributed by atoms with Crippen molar-refractivity contribution in [1.29, 1.82) is 0 Å². The molecule has 0 aliphatic rings. The average Bonchev–Trinajstić information content (AvgIpc) is 2.43. The minimum Gasteiger partial charge on any atom is -0.327 e. The fourth-order valence-electron chi connectivity index (χ4n) is 2.00. The van der Waals surface area contributed by atoms with E-state index in [0.29, 0.717) is 11.1 Å². The molecule has 0 spiro atoms. The summed E-state index contributed by atoms with van der Waals surface area (Å²) in [5.41, 5.74) is 4.91. The molecule has 0 radical (unpaired) electrons. The van der Waals surface area contributed by atoms with E-state index >= 15 is 0 Å². The van der Waals surface area contributed by atoms with Crippen LogP contribution in [0.2, 0.25) is 5.02 Å². The maximum atomic E-state index is 14.9. The van der Waals surface area contributed by atoms with Crippen LogP contribution in [-0.2, 0) is 12.1 Å². The first-order valence-electron chi connectivity index (χ1n) is 5.93. The van der Waals surface area contributed by atoms with E-state index in [2.05, 4.69) is 0 Å². The second kappa shape index (κ2) is 5.68. The highest BCUT2D eigenvalue weighted by Gasteiger charge is 2.31. The smallest absolute Gasteiger partial charge is 0.152 e. The molecule has 0 aliphatic carbocycles. The third-order valence-corrected chi connectivity index (χ3v) is 3.45. The van der Waals surface area contributed by atoms with E-state index in [1.807, 2.05) is 6.07 Å². The molecule has 1 nitrogen and oxygen atoms in total. The lowest BCUT2D eigenvalue weighted by molar-refractivity contribution is 0.175. The van der Waals surface area contributed by atoms with Gasteiger partial charge in [0, 0.05) is 18.0 Å². The molecule has 0 aromatic heterocycles. The van der Waals surface area contributed by atoms with E-state index in [-0.39, 0.29) is 18.0 Å². The van der Waals surface area contributed by atoms with Crippen LogP contribution in [0.15, 0.2) is 48.5 Å². The van der Waals surface area contributed by atoms with Crippen molar-refractivity contribution in [2.24, 2.45) is 5.73 Å². The van der Waals surface area contributed by atoms with E-state index in [0.717, 1.165) is 0 Å². The zero-order chi connectivity index (χ0) is 13.9. The summed E-state index contributed by atoms with van der Waals surface area (Å²) in [7, 11) is 0. The molecule has 2 aromatic rings. The molecular weight excluding hydrogens is 268 g/mol. The zero-order valence-electron chi connectivity index (χ0n) is 10.2. The SMILES string of the molecule is NCC(F)(Cc1ccc(F)cc1Cl)c1ccccc1. The Hall–Kier alpha value is -1.45. The van der Waals surface area contributed by atoms with Gasteiger partial charge in [0.2, 0.25) is 0 Å². The minimum absolute atomic E-state index is 0.0205. The topological polar surface area (TPSA) is 26.0 Å². The van der Waals surface area contributed by atoms with Crippen molar-refractivity contribution in [3.8, 4) is 0 Å². The molecular formula is C15H14ClF2N. The van der Waals surface area contributed by atoms with Crippen molar-refractivity contribution in [2.75, 3.05) is 6.54 Å². The van der Waals surface area contributed by atoms with Crippen LogP contribution in [0.4, 0.5) is 8.78 Å². The molecule has 4 heteroatoms. The lowest BCUT2D eigenvalue weighted by Gasteiger charge is -2.24. The Morgan fingerprint density at radius 3 is 2.37 bits per heavy atom. The van der Waals surface area contributed by atoms with Gasteiger partial charge in [0.15, 0.2) is 5.67 Å². The van der Waals surface area contributed by atoms with E-state index in [1.165, 1.54) is 18.2 Å². The Bertz CT molecular complexity index is 559. The summed E-state index contributed by atoms with van der Waals surface area (Å²) in [4.78, 5) is 0. The van der Waals surface area contributed by atoms with E-state index in [4.69, 9.17) is 17.3 Å². The van der Waals surface area contributed by atoms with Gasteiger partial charge in [0.25, 0.3) is 0 Å². The van der Waals surface area contributed by atoms with Crippen LogP contribution >= 0.6 is 11.6 Å². The van der Waals surface area contributed by atoms with Gasteiger partial charge in [0.05, 0.1) is 0 Å². The summed E-state index contributed by atoms with van der Waals surface area (Å²) < 4.78 is 27.9. The van der Waals surface area contributed by atoms with Gasteiger partial charge in [-0.1, -0.05) is 48.0 Å². The third kappa shape index (κ3) is 3.11. The predicted octanol–water partition coefficient (Wildman–Crippen LogP) is 3.85. The molecule has 0 fully saturated rings. The van der Waals surface area contributed by atoms with Crippen LogP contribution < -0.4 is 5.73 Å². The maximum absolute atomic E-state index is 14.9. The average molecular weight is 282 g/mol. The fourth-order valence-corrected chi connectivity index (χ4v) is 2.23. The number of hydrogen-bond acceptors (Lipinski definition) is 1. The minimum atomic E-state index is -1.71. The Kier molecular flexibility index (Phi) is 4.17. The molecule has 19 heavy (non-hydrogen) atoms. The Morgan fingerprint density at radius 1 is 1.11 bits per heavy atom. The Morgan fingerprint density at radius 2 is 1.79 bits per heavy atom. The van der Waals surface area contributed by atoms with Crippen molar-refractivity contribution in [1.82, 2.24) is 0 Å². The quantitative estimate of drug-likeness (QED) is 0.905. The normalized spacial score (nSPS) is 14.1. The molecule has 2 rings (SSSR count). The fraction of sp³-hybridized carbons (Fsp3) is 0.200.